The number of rotatable bonds is 8. The molecule has 0 aromatic heterocycles. The Kier molecular flexibility index (Phi) is 7.19. The molecule has 0 N–H and O–H groups in total. The molecule has 88 valence electrons. The number of nitrogens with zero attached hydrogens (tertiary/aromatic N) is 1. The van der Waals surface area contributed by atoms with Crippen LogP contribution in [0.25, 0.3) is 0 Å². The van der Waals surface area contributed by atoms with Crippen molar-refractivity contribution in [2.45, 2.75) is 46.6 Å². The Morgan fingerprint density at radius 1 is 1.20 bits per heavy atom. The predicted octanol–water partition coefficient (Wildman–Crippen LogP) is 4.08. The van der Waals surface area contributed by atoms with Gasteiger partial charge in [-0.25, -0.2) is 0 Å². The maximum atomic E-state index is 3.89. The van der Waals surface area contributed by atoms with Gasteiger partial charge < -0.3 is 4.90 Å². The quantitative estimate of drug-likeness (QED) is 0.544. The fourth-order valence-corrected chi connectivity index (χ4v) is 2.07. The molecule has 0 amide bonds. The van der Waals surface area contributed by atoms with Gasteiger partial charge in [-0.05, 0) is 31.4 Å². The van der Waals surface area contributed by atoms with Crippen LogP contribution >= 0.6 is 0 Å². The topological polar surface area (TPSA) is 3.24 Å². The van der Waals surface area contributed by atoms with Crippen LogP contribution in [0.2, 0.25) is 0 Å². The molecule has 0 radical (unpaired) electrons. The third-order valence-corrected chi connectivity index (χ3v) is 3.58. The highest BCUT2D eigenvalue weighted by Gasteiger charge is 2.23. The summed E-state index contributed by atoms with van der Waals surface area (Å²) in [6.45, 7) is 17.9. The molecule has 0 fully saturated rings. The van der Waals surface area contributed by atoms with E-state index in [4.69, 9.17) is 0 Å². The summed E-state index contributed by atoms with van der Waals surface area (Å²) in [5, 5.41) is 0. The second kappa shape index (κ2) is 7.56. The lowest BCUT2D eigenvalue weighted by molar-refractivity contribution is 0.173. The van der Waals surface area contributed by atoms with E-state index < -0.39 is 0 Å². The zero-order valence-corrected chi connectivity index (χ0v) is 10.9. The van der Waals surface area contributed by atoms with Gasteiger partial charge >= 0.3 is 0 Å². The largest absolute Gasteiger partial charge is 0.375 e. The predicted molar refractivity (Wildman–Crippen MR) is 69.8 cm³/mol. The van der Waals surface area contributed by atoms with E-state index in [0.29, 0.717) is 12.0 Å². The lowest BCUT2D eigenvalue weighted by Crippen LogP contribution is -2.38. The molecule has 0 heterocycles. The van der Waals surface area contributed by atoms with Crippen LogP contribution in [-0.2, 0) is 0 Å². The SMILES string of the molecule is C=CCC(C(C)C(C)CC)N(C=C)CC. The Balaban J connectivity index is 4.61. The molecule has 0 aliphatic carbocycles. The second-order valence-corrected chi connectivity index (χ2v) is 4.35. The van der Waals surface area contributed by atoms with Gasteiger partial charge in [-0.2, -0.15) is 0 Å². The summed E-state index contributed by atoms with van der Waals surface area (Å²) in [7, 11) is 0. The van der Waals surface area contributed by atoms with E-state index in [1.807, 2.05) is 12.3 Å². The average molecular weight is 209 g/mol. The van der Waals surface area contributed by atoms with Crippen molar-refractivity contribution >= 4 is 0 Å². The van der Waals surface area contributed by atoms with Crippen LogP contribution in [0, 0.1) is 11.8 Å². The fourth-order valence-electron chi connectivity index (χ4n) is 2.07. The van der Waals surface area contributed by atoms with E-state index in [9.17, 15) is 0 Å². The van der Waals surface area contributed by atoms with Crippen molar-refractivity contribution in [3.05, 3.63) is 25.4 Å². The van der Waals surface area contributed by atoms with Crippen LogP contribution in [0.15, 0.2) is 25.4 Å². The van der Waals surface area contributed by atoms with Crippen molar-refractivity contribution in [2.24, 2.45) is 11.8 Å². The second-order valence-electron chi connectivity index (χ2n) is 4.35. The first-order valence-corrected chi connectivity index (χ1v) is 6.11. The maximum Gasteiger partial charge on any atom is 0.0346 e. The van der Waals surface area contributed by atoms with Gasteiger partial charge in [0.1, 0.15) is 0 Å². The third kappa shape index (κ3) is 4.11. The van der Waals surface area contributed by atoms with Crippen LogP contribution in [-0.4, -0.2) is 17.5 Å². The maximum absolute atomic E-state index is 3.89. The molecule has 0 saturated heterocycles. The van der Waals surface area contributed by atoms with Crippen molar-refractivity contribution in [1.29, 1.82) is 0 Å². The Bertz CT molecular complexity index is 186. The number of hydrogen-bond donors (Lipinski definition) is 0. The summed E-state index contributed by atoms with van der Waals surface area (Å²) in [4.78, 5) is 2.33. The van der Waals surface area contributed by atoms with Crippen molar-refractivity contribution in [1.82, 2.24) is 4.90 Å². The minimum atomic E-state index is 0.556. The first kappa shape index (κ1) is 14.3. The molecule has 1 nitrogen and oxygen atoms in total. The van der Waals surface area contributed by atoms with Crippen molar-refractivity contribution < 1.29 is 0 Å². The van der Waals surface area contributed by atoms with Crippen LogP contribution in [0.1, 0.15) is 40.5 Å². The fraction of sp³-hybridized carbons (Fsp3) is 0.714. The summed E-state index contributed by atoms with van der Waals surface area (Å²) in [5.74, 6) is 1.44. The first-order valence-electron chi connectivity index (χ1n) is 6.11. The highest BCUT2D eigenvalue weighted by molar-refractivity contribution is 4.89. The van der Waals surface area contributed by atoms with Crippen molar-refractivity contribution in [3.63, 3.8) is 0 Å². The van der Waals surface area contributed by atoms with Gasteiger partial charge in [0.2, 0.25) is 0 Å². The van der Waals surface area contributed by atoms with E-state index in [1.165, 1.54) is 6.42 Å². The van der Waals surface area contributed by atoms with E-state index in [1.54, 1.807) is 0 Å². The molecule has 3 atom stereocenters. The minimum absolute atomic E-state index is 0.556. The van der Waals surface area contributed by atoms with Crippen LogP contribution in [0.3, 0.4) is 0 Å². The molecule has 0 bridgehead atoms. The Hall–Kier alpha value is -0.720. The van der Waals surface area contributed by atoms with Crippen LogP contribution < -0.4 is 0 Å². The van der Waals surface area contributed by atoms with Gasteiger partial charge in [-0.15, -0.1) is 6.58 Å². The van der Waals surface area contributed by atoms with Gasteiger partial charge in [0.05, 0.1) is 0 Å². The minimum Gasteiger partial charge on any atom is -0.375 e. The zero-order chi connectivity index (χ0) is 11.8. The van der Waals surface area contributed by atoms with Crippen molar-refractivity contribution in [2.75, 3.05) is 6.54 Å². The molecule has 0 aliphatic rings. The normalized spacial score (nSPS) is 16.5. The van der Waals surface area contributed by atoms with Crippen molar-refractivity contribution in [3.8, 4) is 0 Å². The Morgan fingerprint density at radius 3 is 2.13 bits per heavy atom. The summed E-state index contributed by atoms with van der Waals surface area (Å²) in [6, 6.07) is 0.556. The average Bonchev–Trinajstić information content (AvgIpc) is 2.27. The first-order chi connectivity index (χ1) is 7.12. The molecule has 0 saturated carbocycles. The summed E-state index contributed by atoms with van der Waals surface area (Å²) in [6.07, 6.45) is 6.28. The zero-order valence-electron chi connectivity index (χ0n) is 10.9. The van der Waals surface area contributed by atoms with Gasteiger partial charge in [0.15, 0.2) is 0 Å². The lowest BCUT2D eigenvalue weighted by atomic mass is 9.85. The number of hydrogen-bond acceptors (Lipinski definition) is 1. The molecule has 0 aliphatic heterocycles. The molecule has 3 unspecified atom stereocenters. The van der Waals surface area contributed by atoms with Gasteiger partial charge in [-0.3, -0.25) is 0 Å². The summed E-state index contributed by atoms with van der Waals surface area (Å²) in [5.41, 5.74) is 0. The van der Waals surface area contributed by atoms with Crippen LogP contribution in [0.4, 0.5) is 0 Å². The Labute approximate surface area is 95.9 Å². The summed E-state index contributed by atoms with van der Waals surface area (Å²) >= 11 is 0. The molecule has 0 aromatic rings. The highest BCUT2D eigenvalue weighted by Crippen LogP contribution is 2.25. The van der Waals surface area contributed by atoms with Crippen LogP contribution in [0.5, 0.6) is 0 Å². The molecule has 0 spiro atoms. The van der Waals surface area contributed by atoms with Gasteiger partial charge in [0.25, 0.3) is 0 Å². The third-order valence-electron chi connectivity index (χ3n) is 3.58. The molecular weight excluding hydrogens is 182 g/mol. The lowest BCUT2D eigenvalue weighted by Gasteiger charge is -2.36. The van der Waals surface area contributed by atoms with E-state index in [-0.39, 0.29) is 0 Å². The van der Waals surface area contributed by atoms with E-state index in [0.717, 1.165) is 18.9 Å². The van der Waals surface area contributed by atoms with E-state index in [2.05, 4.69) is 45.8 Å². The molecule has 0 aromatic carbocycles. The molecule has 1 heteroatoms. The molecular formula is C14H27N. The van der Waals surface area contributed by atoms with Gasteiger partial charge in [-0.1, -0.05) is 39.8 Å². The smallest absolute Gasteiger partial charge is 0.0346 e. The van der Waals surface area contributed by atoms with Gasteiger partial charge in [0, 0.05) is 12.6 Å². The standard InChI is InChI=1S/C14H27N/c1-7-11-14(15(9-3)10-4)13(6)12(5)8-2/h7,9,12-14H,1,3,8,10-11H2,2,4-6H3. The monoisotopic (exact) mass is 209 g/mol. The molecule has 0 rings (SSSR count). The van der Waals surface area contributed by atoms with E-state index >= 15 is 0 Å². The highest BCUT2D eigenvalue weighted by atomic mass is 15.1. The molecule has 15 heavy (non-hydrogen) atoms. The Morgan fingerprint density at radius 2 is 1.80 bits per heavy atom. The summed E-state index contributed by atoms with van der Waals surface area (Å²) < 4.78 is 0.